The molecule has 0 radical (unpaired) electrons. The predicted octanol–water partition coefficient (Wildman–Crippen LogP) is -5.28. The van der Waals surface area contributed by atoms with Gasteiger partial charge in [-0.1, -0.05) is 6.08 Å². The van der Waals surface area contributed by atoms with E-state index in [1.807, 2.05) is 0 Å². The molecule has 0 aromatic heterocycles. The van der Waals surface area contributed by atoms with Crippen LogP contribution in [0.15, 0.2) is 12.2 Å². The first kappa shape index (κ1) is 52.2. The number of rotatable bonds is 14. The zero-order valence-corrected chi connectivity index (χ0v) is 37.0. The molecule has 23 nitrogen and oxygen atoms in total. The number of ether oxygens (including phenoxy) is 10. The van der Waals surface area contributed by atoms with Gasteiger partial charge < -0.3 is 109 Å². The Morgan fingerprint density at radius 3 is 1.82 bits per heavy atom. The van der Waals surface area contributed by atoms with Crippen LogP contribution in [0.3, 0.4) is 0 Å². The summed E-state index contributed by atoms with van der Waals surface area (Å²) in [7, 11) is 2.92. The van der Waals surface area contributed by atoms with Crippen LogP contribution in [0.1, 0.15) is 57.8 Å². The third-order valence-electron chi connectivity index (χ3n) is 14.7. The first-order valence-corrected chi connectivity index (χ1v) is 23.1. The van der Waals surface area contributed by atoms with Crippen molar-refractivity contribution in [2.24, 2.45) is 17.8 Å². The minimum absolute atomic E-state index is 0.0416. The average molecular weight is 956 g/mol. The Hall–Kier alpha value is -1.63. The second-order valence-corrected chi connectivity index (χ2v) is 19.0. The molecule has 380 valence electrons. The van der Waals surface area contributed by atoms with Gasteiger partial charge in [-0.15, -0.1) is 0 Å². The summed E-state index contributed by atoms with van der Waals surface area (Å²) in [5, 5.41) is 128. The standard InChI is InChI=1S/C43H70O23/c1-57-24-9-18(10-25(58-2)31(24)48)40-26(13-21-22(62-40)11-20(46)12-23(21)63-42-38(55)35(52)32(49)27(14-44)65-42)64-43-39(56)36(53)33(50)29(66-43)16-60-41-37(54)34(51)28(15-59-41)61-30(47)8-5-17-3-6-19(45)7-4-17/h5,8,17-29,31-46,48-56H,3-4,6-7,9-16H2,1-2H3/p+1/t17?,18?,19?,20?,21?,22?,23?,24?,25?,26?,27-,28+,29-,31?,32-,33-,34-,35+,36+,37-,38-,39-,40?,41+,42-,43-/m1/s1. The third kappa shape index (κ3) is 11.8. The predicted molar refractivity (Wildman–Crippen MR) is 218 cm³/mol. The van der Waals surface area contributed by atoms with Gasteiger partial charge in [0.1, 0.15) is 73.2 Å². The molecule has 7 fully saturated rings. The molecule has 0 spiro atoms. The van der Waals surface area contributed by atoms with E-state index in [1.54, 1.807) is 6.08 Å². The van der Waals surface area contributed by atoms with Crippen LogP contribution >= 0.6 is 0 Å². The van der Waals surface area contributed by atoms with E-state index in [0.717, 1.165) is 0 Å². The highest BCUT2D eigenvalue weighted by Crippen LogP contribution is 2.44. The van der Waals surface area contributed by atoms with Gasteiger partial charge in [-0.25, -0.2) is 4.79 Å². The summed E-state index contributed by atoms with van der Waals surface area (Å²) in [4.78, 5) is 12.5. The fourth-order valence-electron chi connectivity index (χ4n) is 10.7. The molecule has 4 heterocycles. The zero-order valence-electron chi connectivity index (χ0n) is 37.0. The SMILES string of the molecule is COC1CC(C2[OH+]C3CC(O)CC(O[C@@H]4O[C@H](CO)[C@@H](O)[C@H](O)[C@H]4O)C3CC2O[C@@H]2O[C@H](CO[C@@H]3OC[C@H](OC(=O)C=CC4CCC(O)CC4)[C@@H](O)[C@H]3O)[C@@H](O)[C@H](O)[C@H]2O)CC(OC)C1O. The molecule has 0 aromatic rings. The van der Waals surface area contributed by atoms with Crippen LogP contribution in [-0.2, 0) is 47.4 Å². The lowest BCUT2D eigenvalue weighted by molar-refractivity contribution is -0.370. The number of aliphatic hydroxyl groups is 14. The van der Waals surface area contributed by atoms with E-state index in [2.05, 4.69) is 0 Å². The smallest absolute Gasteiger partial charge is 0.330 e. The van der Waals surface area contributed by atoms with Gasteiger partial charge in [-0.2, -0.15) is 0 Å². The number of hydrogen-bond donors (Lipinski definition) is 12. The van der Waals surface area contributed by atoms with Gasteiger partial charge in [0.05, 0.1) is 56.3 Å². The first-order valence-electron chi connectivity index (χ1n) is 23.1. The van der Waals surface area contributed by atoms with Crippen LogP contribution in [0.25, 0.3) is 0 Å². The first-order chi connectivity index (χ1) is 31.5. The summed E-state index contributed by atoms with van der Waals surface area (Å²) in [5.74, 6) is -1.57. The number of carbonyl (C=O) groups is 1. The number of aliphatic hydroxyl groups excluding tert-OH is 12. The molecule has 3 saturated carbocycles. The maximum Gasteiger partial charge on any atom is 0.330 e. The summed E-state index contributed by atoms with van der Waals surface area (Å²) in [6, 6.07) is 0. The molecule has 66 heavy (non-hydrogen) atoms. The average Bonchev–Trinajstić information content (AvgIpc) is 3.30. The van der Waals surface area contributed by atoms with Crippen molar-refractivity contribution in [3.8, 4) is 0 Å². The van der Waals surface area contributed by atoms with Gasteiger partial charge >= 0.3 is 5.97 Å². The molecular formula is C43H71O23+. The molecule has 0 bridgehead atoms. The Labute approximate surface area is 381 Å². The Bertz CT molecular complexity index is 1540. The maximum atomic E-state index is 12.5. The van der Waals surface area contributed by atoms with E-state index in [0.29, 0.717) is 38.5 Å². The third-order valence-corrected chi connectivity index (χ3v) is 14.7. The van der Waals surface area contributed by atoms with Crippen LogP contribution in [0.5, 0.6) is 0 Å². The van der Waals surface area contributed by atoms with Crippen LogP contribution in [0.4, 0.5) is 0 Å². The molecule has 3 aliphatic carbocycles. The Kier molecular flexibility index (Phi) is 18.2. The molecule has 7 aliphatic rings. The van der Waals surface area contributed by atoms with Gasteiger partial charge in [0.2, 0.25) is 0 Å². The largest absolute Gasteiger partial charge is 0.454 e. The van der Waals surface area contributed by atoms with E-state index in [9.17, 15) is 66.1 Å². The topological polar surface area (TPSA) is 356 Å². The molecule has 13 N–H and O–H groups in total. The van der Waals surface area contributed by atoms with Crippen molar-refractivity contribution in [2.45, 2.75) is 199 Å². The van der Waals surface area contributed by atoms with Crippen molar-refractivity contribution >= 4 is 5.97 Å². The van der Waals surface area contributed by atoms with E-state index in [-0.39, 0.29) is 43.8 Å². The minimum Gasteiger partial charge on any atom is -0.454 e. The van der Waals surface area contributed by atoms with Gasteiger partial charge in [0.15, 0.2) is 37.2 Å². The Balaban J connectivity index is 1.03. The molecule has 7 rings (SSSR count). The Morgan fingerprint density at radius 2 is 1.20 bits per heavy atom. The van der Waals surface area contributed by atoms with Crippen LogP contribution in [0.2, 0.25) is 0 Å². The summed E-state index contributed by atoms with van der Waals surface area (Å²) >= 11 is 0. The monoisotopic (exact) mass is 955 g/mol. The molecule has 4 saturated heterocycles. The maximum absolute atomic E-state index is 12.5. The van der Waals surface area contributed by atoms with E-state index >= 15 is 0 Å². The highest BCUT2D eigenvalue weighted by atomic mass is 16.7. The molecule has 8 unspecified atom stereocenters. The zero-order chi connectivity index (χ0) is 47.6. The fraction of sp³-hybridized carbons (Fsp3) is 0.930. The lowest BCUT2D eigenvalue weighted by atomic mass is 9.72. The minimum atomic E-state index is -1.84. The fourth-order valence-corrected chi connectivity index (χ4v) is 10.7. The lowest BCUT2D eigenvalue weighted by Gasteiger charge is -2.50. The highest BCUT2D eigenvalue weighted by Gasteiger charge is 2.58. The van der Waals surface area contributed by atoms with E-state index in [1.165, 1.54) is 20.3 Å². The number of carbonyl (C=O) groups excluding carboxylic acids is 1. The summed E-state index contributed by atoms with van der Waals surface area (Å²) in [5.41, 5.74) is 0. The number of esters is 1. The van der Waals surface area contributed by atoms with Crippen LogP contribution < -0.4 is 0 Å². The quantitative estimate of drug-likeness (QED) is 0.0440. The van der Waals surface area contributed by atoms with Gasteiger partial charge in [-0.3, -0.25) is 0 Å². The number of allylic oxidation sites excluding steroid dienone is 1. The summed E-state index contributed by atoms with van der Waals surface area (Å²) in [6.07, 6.45) is -22.4. The second kappa shape index (κ2) is 23.1. The Morgan fingerprint density at radius 1 is 0.606 bits per heavy atom. The van der Waals surface area contributed by atoms with Crippen molar-refractivity contribution in [2.75, 3.05) is 34.0 Å². The van der Waals surface area contributed by atoms with Gasteiger partial charge in [-0.05, 0) is 50.9 Å². The summed E-state index contributed by atoms with van der Waals surface area (Å²) in [6.45, 7) is -1.60. The number of hydrogen-bond acceptors (Lipinski definition) is 22. The molecule has 4 aliphatic heterocycles. The molecule has 0 amide bonds. The molecular weight excluding hydrogens is 884 g/mol. The van der Waals surface area contributed by atoms with E-state index in [4.69, 9.17) is 47.4 Å². The number of fused-ring (bicyclic) bond motifs is 1. The van der Waals surface area contributed by atoms with Crippen molar-refractivity contribution in [3.05, 3.63) is 12.2 Å². The van der Waals surface area contributed by atoms with Crippen molar-refractivity contribution in [1.82, 2.24) is 0 Å². The van der Waals surface area contributed by atoms with Crippen molar-refractivity contribution < 1.29 is 113 Å². The lowest BCUT2D eigenvalue weighted by Crippen LogP contribution is -2.64. The van der Waals surface area contributed by atoms with Crippen molar-refractivity contribution in [3.63, 3.8) is 0 Å². The number of methoxy groups -OCH3 is 2. The normalized spacial score (nSPS) is 50.5. The molecule has 22 atom stereocenters. The molecule has 0 aromatic carbocycles. The van der Waals surface area contributed by atoms with Crippen LogP contribution in [-0.4, -0.2) is 247 Å². The second-order valence-electron chi connectivity index (χ2n) is 19.0. The summed E-state index contributed by atoms with van der Waals surface area (Å²) < 4.78 is 57.6. The van der Waals surface area contributed by atoms with Crippen LogP contribution in [0, 0.1) is 17.8 Å². The molecule has 23 heteroatoms. The van der Waals surface area contributed by atoms with Gasteiger partial charge in [0.25, 0.3) is 0 Å². The van der Waals surface area contributed by atoms with Gasteiger partial charge in [0, 0.05) is 39.1 Å². The van der Waals surface area contributed by atoms with Crippen molar-refractivity contribution in [1.29, 1.82) is 0 Å². The highest BCUT2D eigenvalue weighted by molar-refractivity contribution is 5.82. The van der Waals surface area contributed by atoms with E-state index < -0.39 is 160 Å².